The van der Waals surface area contributed by atoms with Crippen LogP contribution in [-0.4, -0.2) is 28.3 Å². The number of aromatic nitrogens is 2. The molecule has 23 heavy (non-hydrogen) atoms. The van der Waals surface area contributed by atoms with Crippen molar-refractivity contribution in [2.45, 2.75) is 38.8 Å². The van der Waals surface area contributed by atoms with Crippen LogP contribution in [0.25, 0.3) is 0 Å². The summed E-state index contributed by atoms with van der Waals surface area (Å²) in [6, 6.07) is 10.2. The summed E-state index contributed by atoms with van der Waals surface area (Å²) in [5, 5.41) is 7.36. The maximum atomic E-state index is 12.4. The summed E-state index contributed by atoms with van der Waals surface area (Å²) in [6.07, 6.45) is 4.81. The number of nitrogens with two attached hydrogens (primary N) is 1. The van der Waals surface area contributed by atoms with Crippen LogP contribution in [0, 0.1) is 5.92 Å². The number of carbonyl (C=O) groups excluding carboxylic acids is 1. The van der Waals surface area contributed by atoms with Gasteiger partial charge in [0.2, 0.25) is 0 Å². The summed E-state index contributed by atoms with van der Waals surface area (Å²) in [4.78, 5) is 12.4. The minimum Gasteiger partial charge on any atom is -0.350 e. The fourth-order valence-corrected chi connectivity index (χ4v) is 2.86. The smallest absolute Gasteiger partial charge is 0.254 e. The Bertz CT molecular complexity index is 661. The molecule has 1 aliphatic rings. The van der Waals surface area contributed by atoms with Crippen LogP contribution < -0.4 is 11.1 Å². The van der Waals surface area contributed by atoms with Crippen molar-refractivity contribution in [1.82, 2.24) is 15.1 Å². The molecule has 1 unspecified atom stereocenters. The van der Waals surface area contributed by atoms with E-state index in [9.17, 15) is 4.79 Å². The van der Waals surface area contributed by atoms with E-state index in [1.807, 2.05) is 29.8 Å². The fourth-order valence-electron chi connectivity index (χ4n) is 2.86. The Hall–Kier alpha value is -2.14. The second-order valence-electron chi connectivity index (χ2n) is 6.21. The van der Waals surface area contributed by atoms with Crippen molar-refractivity contribution in [2.24, 2.45) is 11.7 Å². The molecule has 0 saturated heterocycles. The van der Waals surface area contributed by atoms with Gasteiger partial charge in [0, 0.05) is 12.6 Å². The zero-order valence-electron chi connectivity index (χ0n) is 13.5. The van der Waals surface area contributed by atoms with Gasteiger partial charge >= 0.3 is 0 Å². The molecule has 122 valence electrons. The quantitative estimate of drug-likeness (QED) is 0.821. The van der Waals surface area contributed by atoms with Gasteiger partial charge in [-0.3, -0.25) is 9.48 Å². The second-order valence-corrected chi connectivity index (χ2v) is 6.21. The van der Waals surface area contributed by atoms with Crippen molar-refractivity contribution in [3.63, 3.8) is 0 Å². The topological polar surface area (TPSA) is 72.9 Å². The number of nitrogens with zero attached hydrogens (tertiary/aromatic N) is 2. The predicted molar refractivity (Wildman–Crippen MR) is 90.2 cm³/mol. The molecule has 1 aromatic carbocycles. The molecule has 3 rings (SSSR count). The normalized spacial score (nSPS) is 15.4. The maximum absolute atomic E-state index is 12.4. The highest BCUT2D eigenvalue weighted by atomic mass is 16.1. The van der Waals surface area contributed by atoms with Crippen LogP contribution in [0.1, 0.15) is 41.4 Å². The maximum Gasteiger partial charge on any atom is 0.254 e. The molecule has 1 amide bonds. The zero-order chi connectivity index (χ0) is 16.2. The predicted octanol–water partition coefficient (Wildman–Crippen LogP) is 1.96. The van der Waals surface area contributed by atoms with Crippen LogP contribution in [0.2, 0.25) is 0 Å². The van der Waals surface area contributed by atoms with Crippen LogP contribution in [0.3, 0.4) is 0 Å². The third-order valence-electron chi connectivity index (χ3n) is 4.43. The van der Waals surface area contributed by atoms with Gasteiger partial charge in [-0.1, -0.05) is 37.3 Å². The molecule has 5 heteroatoms. The number of hydrogen-bond acceptors (Lipinski definition) is 3. The van der Waals surface area contributed by atoms with E-state index < -0.39 is 0 Å². The molecule has 1 heterocycles. The van der Waals surface area contributed by atoms with Crippen LogP contribution >= 0.6 is 0 Å². The lowest BCUT2D eigenvalue weighted by Gasteiger charge is -2.12. The summed E-state index contributed by atoms with van der Waals surface area (Å²) >= 11 is 0. The van der Waals surface area contributed by atoms with Crippen molar-refractivity contribution < 1.29 is 4.79 Å². The van der Waals surface area contributed by atoms with E-state index in [-0.39, 0.29) is 11.9 Å². The van der Waals surface area contributed by atoms with Crippen LogP contribution in [0.5, 0.6) is 0 Å². The Morgan fingerprint density at radius 3 is 2.78 bits per heavy atom. The summed E-state index contributed by atoms with van der Waals surface area (Å²) in [6.45, 7) is 3.26. The molecule has 1 fully saturated rings. The van der Waals surface area contributed by atoms with E-state index in [2.05, 4.69) is 22.5 Å². The van der Waals surface area contributed by atoms with E-state index in [0.29, 0.717) is 24.6 Å². The zero-order valence-corrected chi connectivity index (χ0v) is 13.5. The van der Waals surface area contributed by atoms with E-state index in [1.54, 1.807) is 6.20 Å². The third kappa shape index (κ3) is 3.79. The Labute approximate surface area is 136 Å². The molecular formula is C18H24N4O. The summed E-state index contributed by atoms with van der Waals surface area (Å²) < 4.78 is 1.91. The summed E-state index contributed by atoms with van der Waals surface area (Å²) in [5.41, 5.74) is 8.84. The summed E-state index contributed by atoms with van der Waals surface area (Å²) in [7, 11) is 0. The van der Waals surface area contributed by atoms with Gasteiger partial charge in [0.05, 0.1) is 24.0 Å². The number of amides is 1. The number of benzene rings is 1. The number of carbonyl (C=O) groups is 1. The highest BCUT2D eigenvalue weighted by Gasteiger charge is 2.28. The Kier molecular flexibility index (Phi) is 4.76. The van der Waals surface area contributed by atoms with E-state index in [1.165, 1.54) is 18.4 Å². The minimum absolute atomic E-state index is 0.0720. The van der Waals surface area contributed by atoms with Crippen molar-refractivity contribution in [2.75, 3.05) is 6.54 Å². The average Bonchev–Trinajstić information content (AvgIpc) is 3.35. The van der Waals surface area contributed by atoms with Crippen molar-refractivity contribution in [3.05, 3.63) is 53.3 Å². The lowest BCUT2D eigenvalue weighted by Crippen LogP contribution is -2.38. The average molecular weight is 312 g/mol. The molecule has 0 spiro atoms. The van der Waals surface area contributed by atoms with Gasteiger partial charge in [-0.15, -0.1) is 0 Å². The van der Waals surface area contributed by atoms with E-state index in [0.717, 1.165) is 12.1 Å². The lowest BCUT2D eigenvalue weighted by atomic mass is 10.1. The van der Waals surface area contributed by atoms with Gasteiger partial charge in [-0.25, -0.2) is 0 Å². The largest absolute Gasteiger partial charge is 0.350 e. The lowest BCUT2D eigenvalue weighted by molar-refractivity contribution is 0.0949. The monoisotopic (exact) mass is 312 g/mol. The van der Waals surface area contributed by atoms with Gasteiger partial charge in [0.1, 0.15) is 0 Å². The van der Waals surface area contributed by atoms with Crippen LogP contribution in [0.15, 0.2) is 36.5 Å². The first-order valence-corrected chi connectivity index (χ1v) is 8.31. The van der Waals surface area contributed by atoms with Gasteiger partial charge in [-0.2, -0.15) is 5.10 Å². The second kappa shape index (κ2) is 6.96. The fraction of sp³-hybridized carbons (Fsp3) is 0.444. The molecule has 5 nitrogen and oxygen atoms in total. The molecule has 3 N–H and O–H groups in total. The standard InChI is InChI=1S/C18H24N4O/c1-2-17-15(18(23)20-11-16(19)14-8-9-14)10-21-22(17)12-13-6-4-3-5-7-13/h3-7,10,14,16H,2,8-9,11-12,19H2,1H3,(H,20,23). The molecule has 1 aromatic heterocycles. The van der Waals surface area contributed by atoms with Crippen LogP contribution in [-0.2, 0) is 13.0 Å². The summed E-state index contributed by atoms with van der Waals surface area (Å²) in [5.74, 6) is 0.513. The number of hydrogen-bond donors (Lipinski definition) is 2. The highest BCUT2D eigenvalue weighted by Crippen LogP contribution is 2.31. The molecular weight excluding hydrogens is 288 g/mol. The first-order chi connectivity index (χ1) is 11.2. The van der Waals surface area contributed by atoms with E-state index >= 15 is 0 Å². The van der Waals surface area contributed by atoms with Gasteiger partial charge in [-0.05, 0) is 30.7 Å². The van der Waals surface area contributed by atoms with Crippen LogP contribution in [0.4, 0.5) is 0 Å². The first kappa shape index (κ1) is 15.7. The van der Waals surface area contributed by atoms with Crippen molar-refractivity contribution >= 4 is 5.91 Å². The molecule has 0 aliphatic heterocycles. The minimum atomic E-state index is -0.0720. The first-order valence-electron chi connectivity index (χ1n) is 8.31. The molecule has 2 aromatic rings. The van der Waals surface area contributed by atoms with Gasteiger partial charge in [0.15, 0.2) is 0 Å². The van der Waals surface area contributed by atoms with E-state index in [4.69, 9.17) is 5.73 Å². The molecule has 0 radical (unpaired) electrons. The van der Waals surface area contributed by atoms with Crippen molar-refractivity contribution in [3.8, 4) is 0 Å². The molecule has 0 bridgehead atoms. The molecule has 1 saturated carbocycles. The highest BCUT2D eigenvalue weighted by molar-refractivity contribution is 5.95. The van der Waals surface area contributed by atoms with Gasteiger partial charge in [0.25, 0.3) is 5.91 Å². The Morgan fingerprint density at radius 2 is 2.13 bits per heavy atom. The van der Waals surface area contributed by atoms with Crippen molar-refractivity contribution in [1.29, 1.82) is 0 Å². The number of nitrogens with one attached hydrogen (secondary N) is 1. The third-order valence-corrected chi connectivity index (χ3v) is 4.43. The van der Waals surface area contributed by atoms with Gasteiger partial charge < -0.3 is 11.1 Å². The molecule has 1 aliphatic carbocycles. The SMILES string of the molecule is CCc1c(C(=O)NCC(N)C2CC2)cnn1Cc1ccccc1. The Morgan fingerprint density at radius 1 is 1.39 bits per heavy atom. The Balaban J connectivity index is 1.68. The number of rotatable bonds is 7. The molecule has 1 atom stereocenters.